The van der Waals surface area contributed by atoms with E-state index in [-0.39, 0.29) is 23.1 Å². The molecule has 0 aromatic heterocycles. The van der Waals surface area contributed by atoms with Gasteiger partial charge in [0, 0.05) is 0 Å². The molecule has 0 aliphatic carbocycles. The number of hydrogen-bond donors (Lipinski definition) is 1. The fraction of sp³-hybridized carbons (Fsp3) is 0.636. The Kier molecular flexibility index (Phi) is 10.7. The molecule has 1 aromatic rings. The van der Waals surface area contributed by atoms with Gasteiger partial charge in [-0.05, 0) is 30.9 Å². The number of rotatable bonds is 13. The van der Waals surface area contributed by atoms with Crippen LogP contribution in [0.5, 0.6) is 0 Å². The standard InChI is InChI=1S/C22H34O4/c1-4-6-7-8-9-10-11-16-20(17(3)5-2)26-22(25)19-15-13-12-14-18(19)21(23)24/h12-15,17,20H,4-11,16H2,1-3H3,(H,23,24). The number of carboxylic acids is 1. The normalized spacial score (nSPS) is 13.2. The average molecular weight is 363 g/mol. The van der Waals surface area contributed by atoms with Gasteiger partial charge in [0.1, 0.15) is 6.10 Å². The van der Waals surface area contributed by atoms with Gasteiger partial charge in [0.25, 0.3) is 0 Å². The Morgan fingerprint density at radius 1 is 0.962 bits per heavy atom. The van der Waals surface area contributed by atoms with Crippen molar-refractivity contribution in [1.82, 2.24) is 0 Å². The van der Waals surface area contributed by atoms with Gasteiger partial charge in [0.05, 0.1) is 11.1 Å². The first-order valence-corrected chi connectivity index (χ1v) is 10.0. The zero-order chi connectivity index (χ0) is 19.4. The third kappa shape index (κ3) is 7.59. The zero-order valence-electron chi connectivity index (χ0n) is 16.5. The highest BCUT2D eigenvalue weighted by atomic mass is 16.5. The average Bonchev–Trinajstić information content (AvgIpc) is 2.65. The van der Waals surface area contributed by atoms with Gasteiger partial charge >= 0.3 is 11.9 Å². The second-order valence-corrected chi connectivity index (χ2v) is 7.09. The summed E-state index contributed by atoms with van der Waals surface area (Å²) in [5.74, 6) is -1.38. The first kappa shape index (κ1) is 22.2. The lowest BCUT2D eigenvalue weighted by molar-refractivity contribution is 0.0119. The van der Waals surface area contributed by atoms with E-state index in [0.717, 1.165) is 25.7 Å². The van der Waals surface area contributed by atoms with Crippen LogP contribution in [-0.4, -0.2) is 23.1 Å². The van der Waals surface area contributed by atoms with Gasteiger partial charge in [-0.3, -0.25) is 0 Å². The molecule has 0 aliphatic rings. The van der Waals surface area contributed by atoms with Gasteiger partial charge in [-0.1, -0.05) is 77.8 Å². The van der Waals surface area contributed by atoms with Gasteiger partial charge in [0.2, 0.25) is 0 Å². The summed E-state index contributed by atoms with van der Waals surface area (Å²) in [5, 5.41) is 9.26. The second-order valence-electron chi connectivity index (χ2n) is 7.09. The van der Waals surface area contributed by atoms with Crippen LogP contribution in [0.1, 0.15) is 99.3 Å². The van der Waals surface area contributed by atoms with E-state index < -0.39 is 11.9 Å². The fourth-order valence-corrected chi connectivity index (χ4v) is 3.07. The number of ether oxygens (including phenoxy) is 1. The molecule has 2 atom stereocenters. The molecule has 4 nitrogen and oxygen atoms in total. The molecule has 0 fully saturated rings. The number of esters is 1. The Balaban J connectivity index is 2.59. The SMILES string of the molecule is CCCCCCCCCC(OC(=O)c1ccccc1C(=O)O)C(C)CC. The smallest absolute Gasteiger partial charge is 0.339 e. The van der Waals surface area contributed by atoms with Gasteiger partial charge in [0.15, 0.2) is 0 Å². The Bertz CT molecular complexity index is 553. The van der Waals surface area contributed by atoms with Crippen LogP contribution in [0.25, 0.3) is 0 Å². The molecule has 4 heteroatoms. The minimum Gasteiger partial charge on any atom is -0.478 e. The summed E-state index contributed by atoms with van der Waals surface area (Å²) in [6, 6.07) is 6.24. The van der Waals surface area contributed by atoms with E-state index >= 15 is 0 Å². The van der Waals surface area contributed by atoms with E-state index in [0.29, 0.717) is 0 Å². The zero-order valence-corrected chi connectivity index (χ0v) is 16.5. The monoisotopic (exact) mass is 362 g/mol. The lowest BCUT2D eigenvalue weighted by Gasteiger charge is -2.23. The molecule has 1 rings (SSSR count). The van der Waals surface area contributed by atoms with Crippen molar-refractivity contribution in [3.63, 3.8) is 0 Å². The van der Waals surface area contributed by atoms with Crippen LogP contribution >= 0.6 is 0 Å². The molecular weight excluding hydrogens is 328 g/mol. The summed E-state index contributed by atoms with van der Waals surface area (Å²) in [4.78, 5) is 23.8. The van der Waals surface area contributed by atoms with Crippen molar-refractivity contribution >= 4 is 11.9 Å². The fourth-order valence-electron chi connectivity index (χ4n) is 3.07. The number of benzene rings is 1. The number of aromatic carboxylic acids is 1. The molecule has 26 heavy (non-hydrogen) atoms. The van der Waals surface area contributed by atoms with E-state index in [1.54, 1.807) is 12.1 Å². The van der Waals surface area contributed by atoms with Crippen molar-refractivity contribution in [2.45, 2.75) is 84.7 Å². The van der Waals surface area contributed by atoms with Gasteiger partial charge in [-0.15, -0.1) is 0 Å². The lowest BCUT2D eigenvalue weighted by Crippen LogP contribution is -2.26. The van der Waals surface area contributed by atoms with Gasteiger partial charge in [-0.2, -0.15) is 0 Å². The maximum absolute atomic E-state index is 12.5. The Morgan fingerprint density at radius 2 is 1.54 bits per heavy atom. The molecule has 0 bridgehead atoms. The van der Waals surface area contributed by atoms with Crippen LogP contribution in [-0.2, 0) is 4.74 Å². The predicted octanol–water partition coefficient (Wildman–Crippen LogP) is 6.10. The van der Waals surface area contributed by atoms with Crippen molar-refractivity contribution in [2.75, 3.05) is 0 Å². The van der Waals surface area contributed by atoms with Crippen molar-refractivity contribution < 1.29 is 19.4 Å². The molecule has 0 saturated heterocycles. The first-order chi connectivity index (χ1) is 12.5. The Hall–Kier alpha value is -1.84. The number of hydrogen-bond acceptors (Lipinski definition) is 3. The van der Waals surface area contributed by atoms with E-state index in [9.17, 15) is 14.7 Å². The van der Waals surface area contributed by atoms with Crippen LogP contribution < -0.4 is 0 Å². The minimum absolute atomic E-state index is 0.00340. The molecule has 1 N–H and O–H groups in total. The molecule has 0 amide bonds. The topological polar surface area (TPSA) is 63.6 Å². The third-order valence-electron chi connectivity index (χ3n) is 5.01. The maximum atomic E-state index is 12.5. The highest BCUT2D eigenvalue weighted by molar-refractivity contribution is 6.02. The van der Waals surface area contributed by atoms with Crippen LogP contribution in [0.4, 0.5) is 0 Å². The number of carbonyl (C=O) groups is 2. The van der Waals surface area contributed by atoms with Crippen LogP contribution in [0.2, 0.25) is 0 Å². The Morgan fingerprint density at radius 3 is 2.12 bits per heavy atom. The predicted molar refractivity (Wildman–Crippen MR) is 105 cm³/mol. The van der Waals surface area contributed by atoms with E-state index in [2.05, 4.69) is 20.8 Å². The van der Waals surface area contributed by atoms with Crippen molar-refractivity contribution in [3.05, 3.63) is 35.4 Å². The van der Waals surface area contributed by atoms with Gasteiger partial charge in [-0.25, -0.2) is 9.59 Å². The summed E-state index contributed by atoms with van der Waals surface area (Å²) in [5.41, 5.74) is 0.129. The molecule has 1 aromatic carbocycles. The molecule has 0 spiro atoms. The number of carboxylic acid groups (broad SMARTS) is 1. The first-order valence-electron chi connectivity index (χ1n) is 10.0. The van der Waals surface area contributed by atoms with Crippen molar-refractivity contribution in [2.24, 2.45) is 5.92 Å². The van der Waals surface area contributed by atoms with Crippen LogP contribution in [0, 0.1) is 5.92 Å². The molecule has 0 saturated carbocycles. The van der Waals surface area contributed by atoms with E-state index in [1.165, 1.54) is 44.2 Å². The summed E-state index contributed by atoms with van der Waals surface area (Å²) < 4.78 is 5.72. The largest absolute Gasteiger partial charge is 0.478 e. The molecular formula is C22H34O4. The summed E-state index contributed by atoms with van der Waals surface area (Å²) in [6.45, 7) is 6.39. The third-order valence-corrected chi connectivity index (χ3v) is 5.01. The van der Waals surface area contributed by atoms with Crippen LogP contribution in [0.15, 0.2) is 24.3 Å². The summed E-state index contributed by atoms with van der Waals surface area (Å²) in [7, 11) is 0. The minimum atomic E-state index is -1.11. The lowest BCUT2D eigenvalue weighted by atomic mass is 9.96. The van der Waals surface area contributed by atoms with Gasteiger partial charge < -0.3 is 9.84 Å². The van der Waals surface area contributed by atoms with E-state index in [1.807, 2.05) is 0 Å². The number of carbonyl (C=O) groups excluding carboxylic acids is 1. The molecule has 2 unspecified atom stereocenters. The molecule has 146 valence electrons. The molecule has 0 aliphatic heterocycles. The Labute approximate surface area is 158 Å². The maximum Gasteiger partial charge on any atom is 0.339 e. The van der Waals surface area contributed by atoms with Crippen molar-refractivity contribution in [1.29, 1.82) is 0 Å². The van der Waals surface area contributed by atoms with Crippen molar-refractivity contribution in [3.8, 4) is 0 Å². The number of unbranched alkanes of at least 4 members (excludes halogenated alkanes) is 6. The second kappa shape index (κ2) is 12.5. The molecule has 0 heterocycles. The van der Waals surface area contributed by atoms with E-state index in [4.69, 9.17) is 4.74 Å². The summed E-state index contributed by atoms with van der Waals surface area (Å²) in [6.07, 6.45) is 10.1. The quantitative estimate of drug-likeness (QED) is 0.340. The van der Waals surface area contributed by atoms with Crippen LogP contribution in [0.3, 0.4) is 0 Å². The highest BCUT2D eigenvalue weighted by Gasteiger charge is 2.23. The molecule has 0 radical (unpaired) electrons. The summed E-state index contributed by atoms with van der Waals surface area (Å²) >= 11 is 0. The highest BCUT2D eigenvalue weighted by Crippen LogP contribution is 2.21.